The first kappa shape index (κ1) is 19.2. The Labute approximate surface area is 125 Å². The molecule has 4 heteroatoms. The van der Waals surface area contributed by atoms with Gasteiger partial charge in [-0.1, -0.05) is 32.6 Å². The van der Waals surface area contributed by atoms with Crippen LogP contribution in [0.1, 0.15) is 48.0 Å². The van der Waals surface area contributed by atoms with E-state index in [1.807, 2.05) is 20.8 Å². The molecule has 0 saturated heterocycles. The largest absolute Gasteiger partial charge is 0.452 e. The molecule has 0 aromatic carbocycles. The SMILES string of the molecule is CC(C)(C)C(=O)OCC#CCCO[Si](C)(C)C(C)(C)C. The van der Waals surface area contributed by atoms with Crippen LogP contribution < -0.4 is 0 Å². The van der Waals surface area contributed by atoms with Gasteiger partial charge in [-0.3, -0.25) is 4.79 Å². The molecule has 116 valence electrons. The zero-order chi connectivity index (χ0) is 16.0. The minimum atomic E-state index is -1.67. The van der Waals surface area contributed by atoms with Gasteiger partial charge >= 0.3 is 5.97 Å². The Morgan fingerprint density at radius 3 is 2.05 bits per heavy atom. The van der Waals surface area contributed by atoms with Crippen LogP contribution in [0.25, 0.3) is 0 Å². The zero-order valence-electron chi connectivity index (χ0n) is 14.3. The molecule has 0 atom stereocenters. The van der Waals surface area contributed by atoms with Crippen LogP contribution >= 0.6 is 0 Å². The molecule has 0 aromatic heterocycles. The third kappa shape index (κ3) is 7.11. The highest BCUT2D eigenvalue weighted by atomic mass is 28.4. The third-order valence-corrected chi connectivity index (χ3v) is 8.05. The summed E-state index contributed by atoms with van der Waals surface area (Å²) in [5, 5.41) is 0.225. The molecule has 0 aliphatic carbocycles. The van der Waals surface area contributed by atoms with E-state index in [4.69, 9.17) is 9.16 Å². The summed E-state index contributed by atoms with van der Waals surface area (Å²) >= 11 is 0. The van der Waals surface area contributed by atoms with Crippen molar-refractivity contribution in [3.05, 3.63) is 0 Å². The van der Waals surface area contributed by atoms with E-state index in [1.54, 1.807) is 0 Å². The molecule has 3 nitrogen and oxygen atoms in total. The summed E-state index contributed by atoms with van der Waals surface area (Å²) in [4.78, 5) is 11.5. The van der Waals surface area contributed by atoms with Crippen molar-refractivity contribution in [3.8, 4) is 11.8 Å². The van der Waals surface area contributed by atoms with Crippen LogP contribution in [0.2, 0.25) is 18.1 Å². The van der Waals surface area contributed by atoms with Crippen molar-refractivity contribution in [1.29, 1.82) is 0 Å². The quantitative estimate of drug-likeness (QED) is 0.341. The monoisotopic (exact) mass is 298 g/mol. The normalized spacial score (nSPS) is 12.6. The zero-order valence-corrected chi connectivity index (χ0v) is 15.3. The van der Waals surface area contributed by atoms with Gasteiger partial charge in [-0.05, 0) is 38.9 Å². The first-order valence-electron chi connectivity index (χ1n) is 7.15. The molecule has 0 bridgehead atoms. The van der Waals surface area contributed by atoms with Gasteiger partial charge < -0.3 is 9.16 Å². The van der Waals surface area contributed by atoms with Crippen LogP contribution in [-0.2, 0) is 14.0 Å². The average Bonchev–Trinajstić information content (AvgIpc) is 2.24. The topological polar surface area (TPSA) is 35.5 Å². The smallest absolute Gasteiger partial charge is 0.312 e. The van der Waals surface area contributed by atoms with Crippen LogP contribution in [-0.4, -0.2) is 27.5 Å². The minimum absolute atomic E-state index is 0.163. The van der Waals surface area contributed by atoms with E-state index in [0.29, 0.717) is 13.0 Å². The van der Waals surface area contributed by atoms with Gasteiger partial charge in [0, 0.05) is 13.0 Å². The highest BCUT2D eigenvalue weighted by Crippen LogP contribution is 2.36. The van der Waals surface area contributed by atoms with Gasteiger partial charge in [0.15, 0.2) is 14.9 Å². The van der Waals surface area contributed by atoms with Gasteiger partial charge in [0.1, 0.15) is 0 Å². The number of ether oxygens (including phenoxy) is 1. The van der Waals surface area contributed by atoms with Gasteiger partial charge in [0.2, 0.25) is 0 Å². The number of carbonyl (C=O) groups is 1. The maximum atomic E-state index is 11.5. The van der Waals surface area contributed by atoms with Crippen molar-refractivity contribution in [2.75, 3.05) is 13.2 Å². The molecule has 0 radical (unpaired) electrons. The van der Waals surface area contributed by atoms with E-state index in [9.17, 15) is 4.79 Å². The predicted molar refractivity (Wildman–Crippen MR) is 86.0 cm³/mol. The fraction of sp³-hybridized carbons (Fsp3) is 0.812. The lowest BCUT2D eigenvalue weighted by atomic mass is 9.97. The van der Waals surface area contributed by atoms with Crippen LogP contribution in [0.5, 0.6) is 0 Å². The van der Waals surface area contributed by atoms with Crippen molar-refractivity contribution >= 4 is 14.3 Å². The molecule has 0 N–H and O–H groups in total. The van der Waals surface area contributed by atoms with E-state index in [0.717, 1.165) is 0 Å². The van der Waals surface area contributed by atoms with Gasteiger partial charge in [-0.25, -0.2) is 0 Å². The lowest BCUT2D eigenvalue weighted by Gasteiger charge is -2.35. The van der Waals surface area contributed by atoms with Crippen molar-refractivity contribution < 1.29 is 14.0 Å². The summed E-state index contributed by atoms with van der Waals surface area (Å²) in [6.45, 7) is 17.4. The first-order valence-corrected chi connectivity index (χ1v) is 10.1. The highest BCUT2D eigenvalue weighted by Gasteiger charge is 2.36. The van der Waals surface area contributed by atoms with Gasteiger partial charge in [0.25, 0.3) is 0 Å². The highest BCUT2D eigenvalue weighted by molar-refractivity contribution is 6.74. The van der Waals surface area contributed by atoms with Crippen molar-refractivity contribution in [3.63, 3.8) is 0 Å². The van der Waals surface area contributed by atoms with E-state index in [-0.39, 0.29) is 17.6 Å². The first-order chi connectivity index (χ1) is 8.88. The number of esters is 1. The lowest BCUT2D eigenvalue weighted by molar-refractivity contribution is -0.151. The van der Waals surface area contributed by atoms with E-state index < -0.39 is 13.7 Å². The summed E-state index contributed by atoms with van der Waals surface area (Å²) in [5.41, 5.74) is -0.465. The molecule has 20 heavy (non-hydrogen) atoms. The second-order valence-electron chi connectivity index (χ2n) is 7.54. The molecule has 0 aromatic rings. The third-order valence-electron chi connectivity index (χ3n) is 3.51. The van der Waals surface area contributed by atoms with E-state index in [2.05, 4.69) is 45.7 Å². The Bertz CT molecular complexity index is 375. The van der Waals surface area contributed by atoms with E-state index >= 15 is 0 Å². The van der Waals surface area contributed by atoms with Gasteiger partial charge in [-0.15, -0.1) is 0 Å². The summed E-state index contributed by atoms with van der Waals surface area (Å²) in [6, 6.07) is 0. The summed E-state index contributed by atoms with van der Waals surface area (Å²) in [6.07, 6.45) is 0.680. The lowest BCUT2D eigenvalue weighted by Crippen LogP contribution is -2.40. The molecular formula is C16H30O3Si. The van der Waals surface area contributed by atoms with Gasteiger partial charge in [0.05, 0.1) is 5.41 Å². The average molecular weight is 298 g/mol. The molecule has 0 unspecified atom stereocenters. The van der Waals surface area contributed by atoms with Gasteiger partial charge in [-0.2, -0.15) is 0 Å². The number of hydrogen-bond acceptors (Lipinski definition) is 3. The molecular weight excluding hydrogens is 268 g/mol. The molecule has 0 heterocycles. The minimum Gasteiger partial charge on any atom is -0.452 e. The summed E-state index contributed by atoms with van der Waals surface area (Å²) in [7, 11) is -1.67. The van der Waals surface area contributed by atoms with Crippen LogP contribution in [0, 0.1) is 17.3 Å². The Balaban J connectivity index is 3.95. The van der Waals surface area contributed by atoms with Crippen molar-refractivity contribution in [1.82, 2.24) is 0 Å². The fourth-order valence-corrected chi connectivity index (χ4v) is 2.08. The molecule has 0 amide bonds. The maximum absolute atomic E-state index is 11.5. The molecule has 0 fully saturated rings. The standard InChI is InChI=1S/C16H30O3Si/c1-15(2,3)14(17)18-12-10-9-11-13-19-20(7,8)16(4,5)6/h11-13H2,1-8H3. The maximum Gasteiger partial charge on any atom is 0.312 e. The Morgan fingerprint density at radius 2 is 1.60 bits per heavy atom. The van der Waals surface area contributed by atoms with Crippen molar-refractivity contribution in [2.45, 2.75) is 66.1 Å². The summed E-state index contributed by atoms with van der Waals surface area (Å²) < 4.78 is 11.1. The number of carbonyl (C=O) groups excluding carboxylic acids is 1. The Morgan fingerprint density at radius 1 is 1.05 bits per heavy atom. The van der Waals surface area contributed by atoms with Crippen LogP contribution in [0.15, 0.2) is 0 Å². The molecule has 0 saturated carbocycles. The Kier molecular flexibility index (Phi) is 6.99. The fourth-order valence-electron chi connectivity index (χ4n) is 1.03. The second kappa shape index (κ2) is 7.28. The van der Waals surface area contributed by atoms with E-state index in [1.165, 1.54) is 0 Å². The van der Waals surface area contributed by atoms with Crippen LogP contribution in [0.4, 0.5) is 0 Å². The second-order valence-corrected chi connectivity index (χ2v) is 12.3. The number of rotatable bonds is 4. The number of hydrogen-bond donors (Lipinski definition) is 0. The Hall–Kier alpha value is -0.793. The summed E-state index contributed by atoms with van der Waals surface area (Å²) in [5.74, 6) is 5.62. The molecule has 0 spiro atoms. The predicted octanol–water partition coefficient (Wildman–Crippen LogP) is 3.99. The molecule has 0 aliphatic heterocycles. The molecule has 0 aliphatic rings. The van der Waals surface area contributed by atoms with Crippen molar-refractivity contribution in [2.24, 2.45) is 5.41 Å². The molecule has 0 rings (SSSR count). The van der Waals surface area contributed by atoms with Crippen LogP contribution in [0.3, 0.4) is 0 Å².